The second kappa shape index (κ2) is 8.12. The van der Waals surface area contributed by atoms with Gasteiger partial charge in [-0.15, -0.1) is 0 Å². The van der Waals surface area contributed by atoms with Gasteiger partial charge >= 0.3 is 6.03 Å². The summed E-state index contributed by atoms with van der Waals surface area (Å²) in [5.41, 5.74) is 0.752. The number of urea groups is 1. The molecule has 0 radical (unpaired) electrons. The highest BCUT2D eigenvalue weighted by molar-refractivity contribution is 5.92. The molecule has 3 amide bonds. The van der Waals surface area contributed by atoms with Gasteiger partial charge in [0, 0.05) is 52.1 Å². The lowest BCUT2D eigenvalue weighted by molar-refractivity contribution is -0.142. The summed E-state index contributed by atoms with van der Waals surface area (Å²) < 4.78 is 5.49. The van der Waals surface area contributed by atoms with Crippen molar-refractivity contribution in [1.82, 2.24) is 14.8 Å². The SMILES string of the molecule is O=C(Nc1cccnc1N1CCCC1)N1CCN(C(=O)C2CCCO2)CC1. The summed E-state index contributed by atoms with van der Waals surface area (Å²) in [4.78, 5) is 35.4. The normalized spacial score (nSPS) is 23.0. The van der Waals surface area contributed by atoms with Gasteiger partial charge in [-0.3, -0.25) is 4.79 Å². The van der Waals surface area contributed by atoms with Gasteiger partial charge in [-0.2, -0.15) is 0 Å². The molecule has 0 aliphatic carbocycles. The number of carbonyl (C=O) groups excluding carboxylic acids is 2. The van der Waals surface area contributed by atoms with Crippen molar-refractivity contribution in [2.75, 3.05) is 56.1 Å². The van der Waals surface area contributed by atoms with Crippen LogP contribution in [0.3, 0.4) is 0 Å². The van der Waals surface area contributed by atoms with E-state index in [1.54, 1.807) is 11.1 Å². The van der Waals surface area contributed by atoms with Crippen LogP contribution in [0.25, 0.3) is 0 Å². The first-order valence-corrected chi connectivity index (χ1v) is 9.88. The number of rotatable bonds is 3. The summed E-state index contributed by atoms with van der Waals surface area (Å²) in [6.45, 7) is 4.79. The van der Waals surface area contributed by atoms with E-state index in [1.165, 1.54) is 0 Å². The Bertz CT molecular complexity index is 678. The Balaban J connectivity index is 1.33. The number of piperazine rings is 1. The van der Waals surface area contributed by atoms with Gasteiger partial charge in [-0.25, -0.2) is 9.78 Å². The predicted octanol–water partition coefficient (Wildman–Crippen LogP) is 1.54. The number of nitrogens with one attached hydrogen (secondary N) is 1. The van der Waals surface area contributed by atoms with Crippen LogP contribution >= 0.6 is 0 Å². The molecule has 0 aromatic carbocycles. The Labute approximate surface area is 159 Å². The highest BCUT2D eigenvalue weighted by atomic mass is 16.5. The number of aromatic nitrogens is 1. The molecule has 1 atom stereocenters. The topological polar surface area (TPSA) is 78.0 Å². The quantitative estimate of drug-likeness (QED) is 0.870. The van der Waals surface area contributed by atoms with Gasteiger partial charge in [0.15, 0.2) is 5.82 Å². The fourth-order valence-electron chi connectivity index (χ4n) is 3.98. The molecule has 3 fully saturated rings. The Morgan fingerprint density at radius 3 is 2.48 bits per heavy atom. The van der Waals surface area contributed by atoms with Crippen molar-refractivity contribution in [1.29, 1.82) is 0 Å². The van der Waals surface area contributed by atoms with E-state index in [4.69, 9.17) is 4.74 Å². The summed E-state index contributed by atoms with van der Waals surface area (Å²) in [6, 6.07) is 3.61. The number of nitrogens with zero attached hydrogens (tertiary/aromatic N) is 4. The van der Waals surface area contributed by atoms with E-state index in [-0.39, 0.29) is 18.0 Å². The third-order valence-corrected chi connectivity index (χ3v) is 5.52. The minimum absolute atomic E-state index is 0.0659. The number of pyridine rings is 1. The zero-order chi connectivity index (χ0) is 18.6. The third-order valence-electron chi connectivity index (χ3n) is 5.52. The first-order valence-electron chi connectivity index (χ1n) is 9.88. The van der Waals surface area contributed by atoms with E-state index in [2.05, 4.69) is 15.2 Å². The van der Waals surface area contributed by atoms with Crippen LogP contribution in [0.2, 0.25) is 0 Å². The molecular formula is C19H27N5O3. The molecule has 0 saturated carbocycles. The molecule has 4 heterocycles. The van der Waals surface area contributed by atoms with Gasteiger partial charge in [0.05, 0.1) is 5.69 Å². The van der Waals surface area contributed by atoms with E-state index in [0.717, 1.165) is 50.3 Å². The average Bonchev–Trinajstić information content (AvgIpc) is 3.42. The van der Waals surface area contributed by atoms with Crippen LogP contribution in [0.4, 0.5) is 16.3 Å². The van der Waals surface area contributed by atoms with Crippen LogP contribution in [0.15, 0.2) is 18.3 Å². The van der Waals surface area contributed by atoms with Gasteiger partial charge in [-0.1, -0.05) is 0 Å². The Hall–Kier alpha value is -2.35. The molecular weight excluding hydrogens is 346 g/mol. The number of ether oxygens (including phenoxy) is 1. The molecule has 0 spiro atoms. The molecule has 27 heavy (non-hydrogen) atoms. The third kappa shape index (κ3) is 4.00. The second-order valence-electron chi connectivity index (χ2n) is 7.31. The van der Waals surface area contributed by atoms with Crippen molar-refractivity contribution in [3.8, 4) is 0 Å². The molecule has 146 valence electrons. The van der Waals surface area contributed by atoms with Crippen molar-refractivity contribution in [2.45, 2.75) is 31.8 Å². The van der Waals surface area contributed by atoms with Gasteiger partial charge in [0.25, 0.3) is 5.91 Å². The number of anilines is 2. The number of hydrogen-bond acceptors (Lipinski definition) is 5. The van der Waals surface area contributed by atoms with E-state index >= 15 is 0 Å². The van der Waals surface area contributed by atoms with E-state index in [1.807, 2.05) is 17.0 Å². The van der Waals surface area contributed by atoms with Crippen LogP contribution in [0, 0.1) is 0 Å². The molecule has 1 aromatic heterocycles. The van der Waals surface area contributed by atoms with Crippen molar-refractivity contribution < 1.29 is 14.3 Å². The molecule has 3 aliphatic heterocycles. The highest BCUT2D eigenvalue weighted by Crippen LogP contribution is 2.26. The fraction of sp³-hybridized carbons (Fsp3) is 0.632. The maximum absolute atomic E-state index is 12.7. The Kier molecular flexibility index (Phi) is 5.42. The lowest BCUT2D eigenvalue weighted by atomic mass is 10.2. The largest absolute Gasteiger partial charge is 0.368 e. The lowest BCUT2D eigenvalue weighted by Crippen LogP contribution is -2.53. The van der Waals surface area contributed by atoms with Crippen LogP contribution in [0.1, 0.15) is 25.7 Å². The van der Waals surface area contributed by atoms with Crippen LogP contribution in [-0.4, -0.2) is 78.7 Å². The zero-order valence-corrected chi connectivity index (χ0v) is 15.6. The maximum atomic E-state index is 12.7. The molecule has 8 nitrogen and oxygen atoms in total. The maximum Gasteiger partial charge on any atom is 0.322 e. The minimum Gasteiger partial charge on any atom is -0.368 e. The smallest absolute Gasteiger partial charge is 0.322 e. The first kappa shape index (κ1) is 18.0. The van der Waals surface area contributed by atoms with Gasteiger partial charge in [0.2, 0.25) is 0 Å². The van der Waals surface area contributed by atoms with Crippen molar-refractivity contribution >= 4 is 23.4 Å². The van der Waals surface area contributed by atoms with Crippen molar-refractivity contribution in [3.05, 3.63) is 18.3 Å². The Morgan fingerprint density at radius 2 is 1.78 bits per heavy atom. The minimum atomic E-state index is -0.288. The standard InChI is InChI=1S/C19H27N5O3/c25-18(16-6-4-14-27-16)23-10-12-24(13-11-23)19(26)21-15-5-3-7-20-17(15)22-8-1-2-9-22/h3,5,7,16H,1-2,4,6,8-14H2,(H,21,26). The lowest BCUT2D eigenvalue weighted by Gasteiger charge is -2.35. The molecule has 1 aromatic rings. The monoisotopic (exact) mass is 373 g/mol. The van der Waals surface area contributed by atoms with Gasteiger partial charge in [0.1, 0.15) is 6.10 Å². The van der Waals surface area contributed by atoms with Crippen LogP contribution < -0.4 is 10.2 Å². The zero-order valence-electron chi connectivity index (χ0n) is 15.6. The van der Waals surface area contributed by atoms with Crippen molar-refractivity contribution in [3.63, 3.8) is 0 Å². The predicted molar refractivity (Wildman–Crippen MR) is 102 cm³/mol. The van der Waals surface area contributed by atoms with Crippen molar-refractivity contribution in [2.24, 2.45) is 0 Å². The Morgan fingerprint density at radius 1 is 1.04 bits per heavy atom. The van der Waals surface area contributed by atoms with E-state index in [9.17, 15) is 9.59 Å². The molecule has 0 bridgehead atoms. The second-order valence-corrected chi connectivity index (χ2v) is 7.31. The first-order chi connectivity index (χ1) is 13.2. The summed E-state index contributed by atoms with van der Waals surface area (Å²) >= 11 is 0. The van der Waals surface area contributed by atoms with E-state index < -0.39 is 0 Å². The molecule has 4 rings (SSSR count). The van der Waals surface area contributed by atoms with Gasteiger partial charge in [-0.05, 0) is 37.8 Å². The number of hydrogen-bond donors (Lipinski definition) is 1. The van der Waals surface area contributed by atoms with Crippen LogP contribution in [0.5, 0.6) is 0 Å². The number of amides is 3. The molecule has 8 heteroatoms. The fourth-order valence-corrected chi connectivity index (χ4v) is 3.98. The molecule has 3 aliphatic rings. The number of carbonyl (C=O) groups is 2. The summed E-state index contributed by atoms with van der Waals surface area (Å²) in [7, 11) is 0. The highest BCUT2D eigenvalue weighted by Gasteiger charge is 2.31. The van der Waals surface area contributed by atoms with Crippen LogP contribution in [-0.2, 0) is 9.53 Å². The summed E-state index contributed by atoms with van der Waals surface area (Å²) in [6.07, 6.45) is 5.54. The molecule has 1 unspecified atom stereocenters. The average molecular weight is 373 g/mol. The molecule has 3 saturated heterocycles. The van der Waals surface area contributed by atoms with E-state index in [0.29, 0.717) is 32.8 Å². The van der Waals surface area contributed by atoms with Gasteiger partial charge < -0.3 is 24.8 Å². The molecule has 1 N–H and O–H groups in total. The summed E-state index contributed by atoms with van der Waals surface area (Å²) in [5.74, 6) is 0.909. The summed E-state index contributed by atoms with van der Waals surface area (Å²) in [5, 5.41) is 3.01.